The van der Waals surface area contributed by atoms with Crippen LogP contribution in [0.4, 0.5) is 0 Å². The number of unbranched alkanes of at least 4 members (excludes halogenated alkanes) is 1. The SMILES string of the molecule is CCCCNC(N)C(C)=O. The van der Waals surface area contributed by atoms with E-state index in [0.717, 1.165) is 19.4 Å². The van der Waals surface area contributed by atoms with Crippen LogP contribution in [0.2, 0.25) is 0 Å². The number of Topliss-reactive ketones (excluding diaryl/α,β-unsaturated/α-hetero) is 1. The van der Waals surface area contributed by atoms with E-state index in [4.69, 9.17) is 5.73 Å². The molecule has 1 atom stereocenters. The molecule has 0 fully saturated rings. The second-order valence-corrected chi connectivity index (χ2v) is 2.40. The van der Waals surface area contributed by atoms with Crippen molar-refractivity contribution in [2.45, 2.75) is 32.9 Å². The van der Waals surface area contributed by atoms with Gasteiger partial charge in [-0.25, -0.2) is 0 Å². The molecule has 1 unspecified atom stereocenters. The average Bonchev–Trinajstić information content (AvgIpc) is 1.88. The van der Waals surface area contributed by atoms with Gasteiger partial charge in [0.2, 0.25) is 0 Å². The molecule has 0 radical (unpaired) electrons. The summed E-state index contributed by atoms with van der Waals surface area (Å²) in [5.41, 5.74) is 5.40. The van der Waals surface area contributed by atoms with Gasteiger partial charge in [-0.1, -0.05) is 13.3 Å². The lowest BCUT2D eigenvalue weighted by Gasteiger charge is -2.08. The largest absolute Gasteiger partial charge is 0.310 e. The number of nitrogens with two attached hydrogens (primary N) is 1. The summed E-state index contributed by atoms with van der Waals surface area (Å²) in [6, 6.07) is 0. The third-order valence-electron chi connectivity index (χ3n) is 1.33. The zero-order valence-electron chi connectivity index (χ0n) is 6.68. The van der Waals surface area contributed by atoms with Gasteiger partial charge in [0.25, 0.3) is 0 Å². The minimum atomic E-state index is -0.466. The third-order valence-corrected chi connectivity index (χ3v) is 1.33. The number of rotatable bonds is 5. The van der Waals surface area contributed by atoms with Gasteiger partial charge in [0.1, 0.15) is 6.17 Å². The average molecular weight is 144 g/mol. The lowest BCUT2D eigenvalue weighted by atomic mass is 10.3. The summed E-state index contributed by atoms with van der Waals surface area (Å²) >= 11 is 0. The van der Waals surface area contributed by atoms with E-state index in [1.165, 1.54) is 6.92 Å². The first-order chi connectivity index (χ1) is 4.68. The van der Waals surface area contributed by atoms with Crippen molar-refractivity contribution in [1.82, 2.24) is 5.32 Å². The molecular formula is C7H16N2O. The molecule has 0 saturated carbocycles. The van der Waals surface area contributed by atoms with Gasteiger partial charge in [0.15, 0.2) is 5.78 Å². The highest BCUT2D eigenvalue weighted by atomic mass is 16.1. The van der Waals surface area contributed by atoms with Gasteiger partial charge in [0, 0.05) is 0 Å². The summed E-state index contributed by atoms with van der Waals surface area (Å²) in [5.74, 6) is -0.00361. The van der Waals surface area contributed by atoms with Crippen molar-refractivity contribution in [3.05, 3.63) is 0 Å². The molecule has 60 valence electrons. The summed E-state index contributed by atoms with van der Waals surface area (Å²) in [5, 5.41) is 2.91. The van der Waals surface area contributed by atoms with Crippen LogP contribution in [-0.4, -0.2) is 18.5 Å². The molecule has 0 bridgehead atoms. The van der Waals surface area contributed by atoms with Crippen LogP contribution in [0.25, 0.3) is 0 Å². The van der Waals surface area contributed by atoms with Crippen molar-refractivity contribution in [3.63, 3.8) is 0 Å². The van der Waals surface area contributed by atoms with Crippen LogP contribution in [0, 0.1) is 0 Å². The highest BCUT2D eigenvalue weighted by Gasteiger charge is 2.04. The molecule has 0 heterocycles. The first-order valence-electron chi connectivity index (χ1n) is 3.68. The van der Waals surface area contributed by atoms with Crippen LogP contribution in [0.3, 0.4) is 0 Å². The molecule has 0 aromatic carbocycles. The molecule has 0 saturated heterocycles. The Balaban J connectivity index is 3.21. The topological polar surface area (TPSA) is 55.1 Å². The number of hydrogen-bond acceptors (Lipinski definition) is 3. The van der Waals surface area contributed by atoms with E-state index in [1.54, 1.807) is 0 Å². The molecular weight excluding hydrogens is 128 g/mol. The lowest BCUT2D eigenvalue weighted by Crippen LogP contribution is -2.43. The molecule has 3 nitrogen and oxygen atoms in total. The van der Waals surface area contributed by atoms with Crippen molar-refractivity contribution in [2.75, 3.05) is 6.54 Å². The minimum absolute atomic E-state index is 0.00361. The Bertz CT molecular complexity index is 104. The number of ketones is 1. The molecule has 0 spiro atoms. The van der Waals surface area contributed by atoms with Gasteiger partial charge >= 0.3 is 0 Å². The van der Waals surface area contributed by atoms with E-state index in [2.05, 4.69) is 12.2 Å². The molecule has 0 aliphatic rings. The summed E-state index contributed by atoms with van der Waals surface area (Å²) in [4.78, 5) is 10.6. The zero-order chi connectivity index (χ0) is 7.98. The fourth-order valence-corrected chi connectivity index (χ4v) is 0.578. The van der Waals surface area contributed by atoms with E-state index in [1.807, 2.05) is 0 Å². The van der Waals surface area contributed by atoms with Crippen LogP contribution < -0.4 is 11.1 Å². The van der Waals surface area contributed by atoms with Crippen molar-refractivity contribution in [3.8, 4) is 0 Å². The first kappa shape index (κ1) is 9.59. The predicted molar refractivity (Wildman–Crippen MR) is 41.6 cm³/mol. The number of hydrogen-bond donors (Lipinski definition) is 2. The van der Waals surface area contributed by atoms with E-state index in [-0.39, 0.29) is 5.78 Å². The Hall–Kier alpha value is -0.410. The Labute approximate surface area is 62.0 Å². The summed E-state index contributed by atoms with van der Waals surface area (Å²) in [6.07, 6.45) is 1.73. The predicted octanol–water partition coefficient (Wildman–Crippen LogP) is 0.250. The van der Waals surface area contributed by atoms with E-state index in [9.17, 15) is 4.79 Å². The van der Waals surface area contributed by atoms with Gasteiger partial charge in [-0.05, 0) is 19.9 Å². The van der Waals surface area contributed by atoms with Crippen molar-refractivity contribution >= 4 is 5.78 Å². The van der Waals surface area contributed by atoms with Gasteiger partial charge < -0.3 is 5.73 Å². The summed E-state index contributed by atoms with van der Waals surface area (Å²) < 4.78 is 0. The maximum Gasteiger partial charge on any atom is 0.160 e. The van der Waals surface area contributed by atoms with Crippen LogP contribution in [0.15, 0.2) is 0 Å². The molecule has 10 heavy (non-hydrogen) atoms. The van der Waals surface area contributed by atoms with Crippen molar-refractivity contribution < 1.29 is 4.79 Å². The highest BCUT2D eigenvalue weighted by molar-refractivity contribution is 5.80. The molecule has 0 aliphatic carbocycles. The number of carbonyl (C=O) groups is 1. The number of carbonyl (C=O) groups excluding carboxylic acids is 1. The molecule has 0 amide bonds. The Morgan fingerprint density at radius 2 is 2.30 bits per heavy atom. The maximum atomic E-state index is 10.6. The second-order valence-electron chi connectivity index (χ2n) is 2.40. The van der Waals surface area contributed by atoms with E-state index < -0.39 is 6.17 Å². The zero-order valence-corrected chi connectivity index (χ0v) is 6.68. The third kappa shape index (κ3) is 4.47. The quantitative estimate of drug-likeness (QED) is 0.429. The maximum absolute atomic E-state index is 10.6. The Kier molecular flexibility index (Phi) is 5.16. The van der Waals surface area contributed by atoms with Crippen LogP contribution in [-0.2, 0) is 4.79 Å². The minimum Gasteiger partial charge on any atom is -0.310 e. The monoisotopic (exact) mass is 144 g/mol. The molecule has 0 aliphatic heterocycles. The Morgan fingerprint density at radius 3 is 2.70 bits per heavy atom. The Morgan fingerprint density at radius 1 is 1.70 bits per heavy atom. The van der Waals surface area contributed by atoms with Crippen LogP contribution >= 0.6 is 0 Å². The fourth-order valence-electron chi connectivity index (χ4n) is 0.578. The van der Waals surface area contributed by atoms with E-state index >= 15 is 0 Å². The molecule has 0 rings (SSSR count). The first-order valence-corrected chi connectivity index (χ1v) is 3.68. The molecule has 3 N–H and O–H groups in total. The smallest absolute Gasteiger partial charge is 0.160 e. The van der Waals surface area contributed by atoms with E-state index in [0.29, 0.717) is 0 Å². The van der Waals surface area contributed by atoms with Gasteiger partial charge in [-0.2, -0.15) is 0 Å². The lowest BCUT2D eigenvalue weighted by molar-refractivity contribution is -0.118. The summed E-state index contributed by atoms with van der Waals surface area (Å²) in [6.45, 7) is 4.42. The normalized spacial score (nSPS) is 13.1. The van der Waals surface area contributed by atoms with Crippen molar-refractivity contribution in [1.29, 1.82) is 0 Å². The van der Waals surface area contributed by atoms with Crippen LogP contribution in [0.1, 0.15) is 26.7 Å². The van der Waals surface area contributed by atoms with Gasteiger partial charge in [0.05, 0.1) is 0 Å². The fraction of sp³-hybridized carbons (Fsp3) is 0.857. The second kappa shape index (κ2) is 5.38. The van der Waals surface area contributed by atoms with Gasteiger partial charge in [-0.15, -0.1) is 0 Å². The van der Waals surface area contributed by atoms with Crippen molar-refractivity contribution in [2.24, 2.45) is 5.73 Å². The summed E-state index contributed by atoms with van der Waals surface area (Å²) in [7, 11) is 0. The van der Waals surface area contributed by atoms with Crippen LogP contribution in [0.5, 0.6) is 0 Å². The highest BCUT2D eigenvalue weighted by Crippen LogP contribution is 1.83. The van der Waals surface area contributed by atoms with Gasteiger partial charge in [-0.3, -0.25) is 10.1 Å². The molecule has 0 aromatic rings. The number of nitrogens with one attached hydrogen (secondary N) is 1. The molecule has 3 heteroatoms. The standard InChI is InChI=1S/C7H16N2O/c1-3-4-5-9-7(8)6(2)10/h7,9H,3-5,8H2,1-2H3. The molecule has 0 aromatic heterocycles.